The maximum Gasteiger partial charge on any atom is 0.303 e. The Balaban J connectivity index is 0. The average molecular weight is 178 g/mol. The number of hydrogen-bond acceptors (Lipinski definition) is 4. The molecule has 0 saturated carbocycles. The van der Waals surface area contributed by atoms with E-state index in [2.05, 4.69) is 10.9 Å². The van der Waals surface area contributed by atoms with Gasteiger partial charge < -0.3 is 10.2 Å². The molecule has 0 fully saturated rings. The maximum absolute atomic E-state index is 9.64. The first kappa shape index (κ1) is 13.4. The number of rotatable bonds is 4. The first-order valence-corrected chi connectivity index (χ1v) is 3.31. The van der Waals surface area contributed by atoms with Crippen molar-refractivity contribution in [2.45, 2.75) is 12.8 Å². The van der Waals surface area contributed by atoms with Crippen molar-refractivity contribution in [1.82, 2.24) is 10.9 Å². The van der Waals surface area contributed by atoms with Crippen LogP contribution in [-0.4, -0.2) is 36.2 Å². The van der Waals surface area contributed by atoms with Crippen molar-refractivity contribution < 1.29 is 19.8 Å². The van der Waals surface area contributed by atoms with Gasteiger partial charge in [-0.1, -0.05) is 0 Å². The van der Waals surface area contributed by atoms with Crippen LogP contribution in [0.2, 0.25) is 0 Å². The van der Waals surface area contributed by atoms with E-state index in [0.29, 0.717) is 0 Å². The standard InChI is InChI=1S/C4H6O4.C2H8N2/c5-3(6)1-2-4(7)8;1-3-4-2/h1-2H2,(H,5,6)(H,7,8);3-4H,1-2H3. The Kier molecular flexibility index (Phi) is 11.1. The van der Waals surface area contributed by atoms with E-state index >= 15 is 0 Å². The van der Waals surface area contributed by atoms with E-state index in [9.17, 15) is 9.59 Å². The summed E-state index contributed by atoms with van der Waals surface area (Å²) in [5.74, 6) is -2.15. The van der Waals surface area contributed by atoms with Crippen molar-refractivity contribution in [3.63, 3.8) is 0 Å². The van der Waals surface area contributed by atoms with Crippen LogP contribution in [0.4, 0.5) is 0 Å². The predicted octanol–water partition coefficient (Wildman–Crippen LogP) is -0.724. The van der Waals surface area contributed by atoms with Crippen LogP contribution in [-0.2, 0) is 9.59 Å². The number of carboxylic acid groups (broad SMARTS) is 2. The molecule has 72 valence electrons. The molecular formula is C6H14N2O4. The highest BCUT2D eigenvalue weighted by Gasteiger charge is 2.00. The summed E-state index contributed by atoms with van der Waals surface area (Å²) in [5.41, 5.74) is 5.36. The largest absolute Gasteiger partial charge is 0.481 e. The Hall–Kier alpha value is -1.14. The van der Waals surface area contributed by atoms with Crippen LogP contribution < -0.4 is 10.9 Å². The third-order valence-corrected chi connectivity index (χ3v) is 0.803. The van der Waals surface area contributed by atoms with Gasteiger partial charge in [0.15, 0.2) is 0 Å². The highest BCUT2D eigenvalue weighted by Crippen LogP contribution is 1.85. The topological polar surface area (TPSA) is 98.7 Å². The maximum atomic E-state index is 9.64. The van der Waals surface area contributed by atoms with Gasteiger partial charge in [-0.25, -0.2) is 0 Å². The Morgan fingerprint density at radius 1 is 1.00 bits per heavy atom. The van der Waals surface area contributed by atoms with Gasteiger partial charge in [-0.2, -0.15) is 0 Å². The molecule has 0 heterocycles. The fourth-order valence-corrected chi connectivity index (χ4v) is 0.214. The van der Waals surface area contributed by atoms with Crippen molar-refractivity contribution in [2.24, 2.45) is 0 Å². The lowest BCUT2D eigenvalue weighted by molar-refractivity contribution is -0.143. The fraction of sp³-hybridized carbons (Fsp3) is 0.667. The Labute approximate surface area is 70.6 Å². The van der Waals surface area contributed by atoms with Gasteiger partial charge in [0.2, 0.25) is 0 Å². The molecule has 0 saturated heterocycles. The normalized spacial score (nSPS) is 8.17. The molecular weight excluding hydrogens is 164 g/mol. The number of hydrogen-bond donors (Lipinski definition) is 4. The molecule has 0 aromatic carbocycles. The Bertz CT molecular complexity index is 122. The highest BCUT2D eigenvalue weighted by atomic mass is 16.4. The average Bonchev–Trinajstić information content (AvgIpc) is 2.01. The molecule has 0 bridgehead atoms. The lowest BCUT2D eigenvalue weighted by Crippen LogP contribution is -2.21. The van der Waals surface area contributed by atoms with Crippen LogP contribution in [0.5, 0.6) is 0 Å². The zero-order chi connectivity index (χ0) is 9.98. The Morgan fingerprint density at radius 3 is 1.33 bits per heavy atom. The highest BCUT2D eigenvalue weighted by molar-refractivity contribution is 5.75. The van der Waals surface area contributed by atoms with Gasteiger partial charge in [-0.05, 0) is 14.1 Å². The molecule has 0 rings (SSSR count). The van der Waals surface area contributed by atoms with Crippen molar-refractivity contribution in [3.8, 4) is 0 Å². The number of hydrazine groups is 1. The lowest BCUT2D eigenvalue weighted by atomic mass is 10.3. The van der Waals surface area contributed by atoms with Crippen LogP contribution in [0.15, 0.2) is 0 Å². The minimum Gasteiger partial charge on any atom is -0.481 e. The molecule has 0 unspecified atom stereocenters. The second-order valence-corrected chi connectivity index (χ2v) is 1.79. The SMILES string of the molecule is CNNC.O=C(O)CCC(=O)O. The predicted molar refractivity (Wildman–Crippen MR) is 42.6 cm³/mol. The van der Waals surface area contributed by atoms with Crippen molar-refractivity contribution >= 4 is 11.9 Å². The van der Waals surface area contributed by atoms with Crippen molar-refractivity contribution in [3.05, 3.63) is 0 Å². The number of aliphatic carboxylic acids is 2. The molecule has 6 heteroatoms. The second kappa shape index (κ2) is 9.86. The molecule has 0 aliphatic rings. The molecule has 0 aromatic heterocycles. The van der Waals surface area contributed by atoms with E-state index in [0.717, 1.165) is 0 Å². The van der Waals surface area contributed by atoms with Gasteiger partial charge in [-0.3, -0.25) is 20.4 Å². The van der Waals surface area contributed by atoms with E-state index in [1.807, 2.05) is 14.1 Å². The van der Waals surface area contributed by atoms with E-state index in [4.69, 9.17) is 10.2 Å². The third kappa shape index (κ3) is 23.2. The van der Waals surface area contributed by atoms with E-state index in [1.54, 1.807) is 0 Å². The van der Waals surface area contributed by atoms with Crippen LogP contribution in [0, 0.1) is 0 Å². The monoisotopic (exact) mass is 178 g/mol. The molecule has 0 aromatic rings. The molecule has 12 heavy (non-hydrogen) atoms. The van der Waals surface area contributed by atoms with Gasteiger partial charge in [0.1, 0.15) is 0 Å². The van der Waals surface area contributed by atoms with Crippen LogP contribution in [0.1, 0.15) is 12.8 Å². The van der Waals surface area contributed by atoms with Crippen LogP contribution in [0.3, 0.4) is 0 Å². The summed E-state index contributed by atoms with van der Waals surface area (Å²) in [5, 5.41) is 15.8. The second-order valence-electron chi connectivity index (χ2n) is 1.79. The van der Waals surface area contributed by atoms with E-state index in [-0.39, 0.29) is 12.8 Å². The zero-order valence-electron chi connectivity index (χ0n) is 7.13. The first-order valence-electron chi connectivity index (χ1n) is 3.31. The van der Waals surface area contributed by atoms with Gasteiger partial charge in [0.05, 0.1) is 12.8 Å². The number of carbonyl (C=O) groups is 2. The molecule has 0 amide bonds. The molecule has 0 atom stereocenters. The van der Waals surface area contributed by atoms with E-state index in [1.165, 1.54) is 0 Å². The summed E-state index contributed by atoms with van der Waals surface area (Å²) < 4.78 is 0. The summed E-state index contributed by atoms with van der Waals surface area (Å²) >= 11 is 0. The zero-order valence-corrected chi connectivity index (χ0v) is 7.13. The summed E-state index contributed by atoms with van der Waals surface area (Å²) in [4.78, 5) is 19.3. The number of carboxylic acids is 2. The van der Waals surface area contributed by atoms with Gasteiger partial charge in [-0.15, -0.1) is 0 Å². The molecule has 6 nitrogen and oxygen atoms in total. The molecule has 0 spiro atoms. The first-order chi connectivity index (χ1) is 5.54. The van der Waals surface area contributed by atoms with Crippen LogP contribution in [0.25, 0.3) is 0 Å². The summed E-state index contributed by atoms with van der Waals surface area (Å²) in [6.45, 7) is 0. The molecule has 0 radical (unpaired) electrons. The van der Waals surface area contributed by atoms with E-state index < -0.39 is 11.9 Å². The minimum atomic E-state index is -1.08. The third-order valence-electron chi connectivity index (χ3n) is 0.803. The summed E-state index contributed by atoms with van der Waals surface area (Å²) in [7, 11) is 3.64. The van der Waals surface area contributed by atoms with Crippen LogP contribution >= 0.6 is 0 Å². The smallest absolute Gasteiger partial charge is 0.303 e. The quantitative estimate of drug-likeness (QED) is 0.424. The van der Waals surface area contributed by atoms with Crippen molar-refractivity contribution in [1.29, 1.82) is 0 Å². The summed E-state index contributed by atoms with van der Waals surface area (Å²) in [6, 6.07) is 0. The summed E-state index contributed by atoms with van der Waals surface area (Å²) in [6.07, 6.45) is -0.593. The van der Waals surface area contributed by atoms with Crippen molar-refractivity contribution in [2.75, 3.05) is 14.1 Å². The Morgan fingerprint density at radius 2 is 1.25 bits per heavy atom. The molecule has 4 N–H and O–H groups in total. The number of nitrogens with one attached hydrogen (secondary N) is 2. The van der Waals surface area contributed by atoms with Gasteiger partial charge in [0.25, 0.3) is 0 Å². The lowest BCUT2D eigenvalue weighted by Gasteiger charge is -1.85. The molecule has 0 aliphatic heterocycles. The fourth-order valence-electron chi connectivity index (χ4n) is 0.214. The van der Waals surface area contributed by atoms with Gasteiger partial charge in [0, 0.05) is 0 Å². The minimum absolute atomic E-state index is 0.296. The van der Waals surface area contributed by atoms with Gasteiger partial charge >= 0.3 is 11.9 Å². The molecule has 0 aliphatic carbocycles.